The molecule has 0 fully saturated rings. The molecule has 1 unspecified atom stereocenters. The summed E-state index contributed by atoms with van der Waals surface area (Å²) in [4.78, 5) is 15.8. The summed E-state index contributed by atoms with van der Waals surface area (Å²) in [6.45, 7) is 3.83. The first-order chi connectivity index (χ1) is 11.4. The summed E-state index contributed by atoms with van der Waals surface area (Å²) in [7, 11) is -3.73. The van der Waals surface area contributed by atoms with E-state index in [-0.39, 0.29) is 10.0 Å². The summed E-state index contributed by atoms with van der Waals surface area (Å²) in [6.07, 6.45) is 3.73. The number of aryl methyl sites for hydroxylation is 1. The molecule has 2 rings (SSSR count). The van der Waals surface area contributed by atoms with Gasteiger partial charge in [0.15, 0.2) is 5.13 Å². The second-order valence-electron chi connectivity index (χ2n) is 5.37. The number of carboxylic acid groups (broad SMARTS) is 1. The highest BCUT2D eigenvalue weighted by Gasteiger charge is 2.22. The van der Waals surface area contributed by atoms with Crippen molar-refractivity contribution in [2.24, 2.45) is 0 Å². The summed E-state index contributed by atoms with van der Waals surface area (Å²) >= 11 is 1.04. The van der Waals surface area contributed by atoms with Crippen LogP contribution in [-0.4, -0.2) is 24.5 Å². The Kier molecular flexibility index (Phi) is 5.95. The van der Waals surface area contributed by atoms with Crippen LogP contribution in [-0.2, 0) is 21.2 Å². The Hall–Kier alpha value is -1.93. The zero-order chi connectivity index (χ0) is 17.7. The summed E-state index contributed by atoms with van der Waals surface area (Å²) in [5.41, 5.74) is 1.08. The Bertz CT molecular complexity index is 798. The third-order valence-electron chi connectivity index (χ3n) is 3.57. The number of hydrogen-bond acceptors (Lipinski definition) is 5. The number of rotatable bonds is 8. The van der Waals surface area contributed by atoms with Gasteiger partial charge in [0.05, 0.1) is 10.8 Å². The van der Waals surface area contributed by atoms with E-state index in [2.05, 4.69) is 16.6 Å². The second-order valence-corrected chi connectivity index (χ2v) is 8.11. The molecule has 0 aliphatic carbocycles. The van der Waals surface area contributed by atoms with Crippen LogP contribution < -0.4 is 4.72 Å². The SMILES string of the molecule is CCCc1ccc(S(=O)(=O)Nc2ncc(C(CC)C(=O)O)s2)cc1. The van der Waals surface area contributed by atoms with Crippen molar-refractivity contribution in [3.63, 3.8) is 0 Å². The first-order valence-electron chi connectivity index (χ1n) is 7.67. The van der Waals surface area contributed by atoms with E-state index in [4.69, 9.17) is 5.11 Å². The molecule has 24 heavy (non-hydrogen) atoms. The zero-order valence-corrected chi connectivity index (χ0v) is 15.2. The van der Waals surface area contributed by atoms with Gasteiger partial charge in [-0.2, -0.15) is 0 Å². The van der Waals surface area contributed by atoms with Crippen molar-refractivity contribution in [3.8, 4) is 0 Å². The molecule has 1 heterocycles. The molecule has 0 aliphatic heterocycles. The van der Waals surface area contributed by atoms with Crippen molar-refractivity contribution in [3.05, 3.63) is 40.9 Å². The molecule has 2 aromatic rings. The minimum atomic E-state index is -3.73. The smallest absolute Gasteiger partial charge is 0.311 e. The van der Waals surface area contributed by atoms with Crippen molar-refractivity contribution >= 4 is 32.5 Å². The fourth-order valence-corrected chi connectivity index (χ4v) is 4.52. The lowest BCUT2D eigenvalue weighted by Crippen LogP contribution is -2.12. The second kappa shape index (κ2) is 7.76. The number of carboxylic acids is 1. The van der Waals surface area contributed by atoms with Crippen molar-refractivity contribution in [1.82, 2.24) is 4.98 Å². The van der Waals surface area contributed by atoms with Crippen molar-refractivity contribution in [2.75, 3.05) is 4.72 Å². The number of hydrogen-bond donors (Lipinski definition) is 2. The van der Waals surface area contributed by atoms with Crippen molar-refractivity contribution < 1.29 is 18.3 Å². The van der Waals surface area contributed by atoms with E-state index in [0.29, 0.717) is 11.3 Å². The first kappa shape index (κ1) is 18.4. The lowest BCUT2D eigenvalue weighted by Gasteiger charge is -2.07. The Morgan fingerprint density at radius 1 is 1.29 bits per heavy atom. The standard InChI is InChI=1S/C16H20N2O4S2/c1-3-5-11-6-8-12(9-7-11)24(21,22)18-16-17-10-14(23-16)13(4-2)15(19)20/h6-10,13H,3-5H2,1-2H3,(H,17,18)(H,19,20). The molecule has 130 valence electrons. The number of nitrogens with one attached hydrogen (secondary N) is 1. The monoisotopic (exact) mass is 368 g/mol. The van der Waals surface area contributed by atoms with Gasteiger partial charge >= 0.3 is 5.97 Å². The Morgan fingerprint density at radius 3 is 2.50 bits per heavy atom. The molecular formula is C16H20N2O4S2. The van der Waals surface area contributed by atoms with Crippen LogP contribution in [0.2, 0.25) is 0 Å². The average Bonchev–Trinajstić information content (AvgIpc) is 2.96. The van der Waals surface area contributed by atoms with Crippen LogP contribution in [0, 0.1) is 0 Å². The van der Waals surface area contributed by atoms with Gasteiger partial charge in [-0.1, -0.05) is 32.4 Å². The third-order valence-corrected chi connectivity index (χ3v) is 6.08. The third kappa shape index (κ3) is 4.33. The van der Waals surface area contributed by atoms with Gasteiger partial charge in [-0.05, 0) is 30.5 Å². The summed E-state index contributed by atoms with van der Waals surface area (Å²) in [5.74, 6) is -1.61. The van der Waals surface area contributed by atoms with E-state index in [9.17, 15) is 13.2 Å². The first-order valence-corrected chi connectivity index (χ1v) is 9.97. The number of aromatic nitrogens is 1. The molecular weight excluding hydrogens is 348 g/mol. The van der Waals surface area contributed by atoms with E-state index in [1.165, 1.54) is 6.20 Å². The highest BCUT2D eigenvalue weighted by molar-refractivity contribution is 7.93. The lowest BCUT2D eigenvalue weighted by molar-refractivity contribution is -0.138. The van der Waals surface area contributed by atoms with Gasteiger partial charge in [0.25, 0.3) is 10.0 Å². The van der Waals surface area contributed by atoms with Crippen LogP contribution in [0.25, 0.3) is 0 Å². The molecule has 0 saturated carbocycles. The highest BCUT2D eigenvalue weighted by Crippen LogP contribution is 2.29. The Labute approximate surface area is 145 Å². The maximum atomic E-state index is 12.4. The van der Waals surface area contributed by atoms with E-state index in [1.807, 2.05) is 0 Å². The molecule has 8 heteroatoms. The Morgan fingerprint density at radius 2 is 1.96 bits per heavy atom. The van der Waals surface area contributed by atoms with Crippen LogP contribution in [0.5, 0.6) is 0 Å². The van der Waals surface area contributed by atoms with E-state index in [1.54, 1.807) is 31.2 Å². The normalized spacial score (nSPS) is 12.8. The molecule has 0 amide bonds. The molecule has 0 radical (unpaired) electrons. The molecule has 1 aromatic heterocycles. The lowest BCUT2D eigenvalue weighted by atomic mass is 10.1. The van der Waals surface area contributed by atoms with Crippen LogP contribution in [0.3, 0.4) is 0 Å². The van der Waals surface area contributed by atoms with Crippen LogP contribution in [0.1, 0.15) is 43.0 Å². The van der Waals surface area contributed by atoms with Crippen LogP contribution >= 0.6 is 11.3 Å². The average molecular weight is 368 g/mol. The van der Waals surface area contributed by atoms with Gasteiger partial charge in [0.2, 0.25) is 0 Å². The van der Waals surface area contributed by atoms with Gasteiger partial charge < -0.3 is 5.11 Å². The number of benzene rings is 1. The van der Waals surface area contributed by atoms with E-state index >= 15 is 0 Å². The maximum absolute atomic E-state index is 12.4. The largest absolute Gasteiger partial charge is 0.481 e. The van der Waals surface area contributed by atoms with Crippen molar-refractivity contribution in [1.29, 1.82) is 0 Å². The predicted octanol–water partition coefficient (Wildman–Crippen LogP) is 3.47. The van der Waals surface area contributed by atoms with Gasteiger partial charge in [-0.3, -0.25) is 9.52 Å². The quantitative estimate of drug-likeness (QED) is 0.744. The number of nitrogens with zero attached hydrogens (tertiary/aromatic N) is 1. The molecule has 0 spiro atoms. The van der Waals surface area contributed by atoms with Gasteiger partial charge in [0, 0.05) is 11.1 Å². The van der Waals surface area contributed by atoms with Crippen molar-refractivity contribution in [2.45, 2.75) is 43.9 Å². The fourth-order valence-electron chi connectivity index (χ4n) is 2.29. The number of aliphatic carboxylic acids is 1. The molecule has 1 atom stereocenters. The number of thiazole rings is 1. The number of carbonyl (C=O) groups is 1. The molecule has 0 aliphatic rings. The van der Waals surface area contributed by atoms with E-state index in [0.717, 1.165) is 29.7 Å². The molecule has 0 saturated heterocycles. The summed E-state index contributed by atoms with van der Waals surface area (Å²) < 4.78 is 27.2. The van der Waals surface area contributed by atoms with Gasteiger partial charge in [0.1, 0.15) is 0 Å². The molecule has 0 bridgehead atoms. The summed E-state index contributed by atoms with van der Waals surface area (Å²) in [5, 5.41) is 9.33. The maximum Gasteiger partial charge on any atom is 0.311 e. The number of anilines is 1. The van der Waals surface area contributed by atoms with E-state index < -0.39 is 21.9 Å². The molecule has 1 aromatic carbocycles. The minimum absolute atomic E-state index is 0.157. The zero-order valence-electron chi connectivity index (χ0n) is 13.5. The minimum Gasteiger partial charge on any atom is -0.481 e. The van der Waals surface area contributed by atoms with Gasteiger partial charge in [-0.15, -0.1) is 11.3 Å². The topological polar surface area (TPSA) is 96.4 Å². The number of sulfonamides is 1. The van der Waals surface area contributed by atoms with Crippen LogP contribution in [0.15, 0.2) is 35.4 Å². The fraction of sp³-hybridized carbons (Fsp3) is 0.375. The molecule has 2 N–H and O–H groups in total. The van der Waals surface area contributed by atoms with Gasteiger partial charge in [-0.25, -0.2) is 13.4 Å². The van der Waals surface area contributed by atoms with Crippen LogP contribution in [0.4, 0.5) is 5.13 Å². The summed E-state index contributed by atoms with van der Waals surface area (Å²) in [6, 6.07) is 6.72. The Balaban J connectivity index is 2.17. The highest BCUT2D eigenvalue weighted by atomic mass is 32.2. The molecule has 6 nitrogen and oxygen atoms in total. The predicted molar refractivity (Wildman–Crippen MR) is 94.0 cm³/mol.